The third-order valence-electron chi connectivity index (χ3n) is 1.89. The van der Waals surface area contributed by atoms with E-state index in [9.17, 15) is 0 Å². The normalized spacial score (nSPS) is 12.9. The molecule has 1 aromatic carbocycles. The Morgan fingerprint density at radius 2 is 2.33 bits per heavy atom. The Balaban J connectivity index is 2.53. The molecule has 1 aliphatic rings. The Labute approximate surface area is 71.1 Å². The molecule has 2 nitrogen and oxygen atoms in total. The van der Waals surface area contributed by atoms with Crippen molar-refractivity contribution >= 4 is 11.8 Å². The maximum absolute atomic E-state index is 8.64. The highest BCUT2D eigenvalue weighted by Crippen LogP contribution is 2.21. The Bertz CT molecular complexity index is 372. The lowest BCUT2D eigenvalue weighted by atomic mass is 10.1. The first-order valence-electron chi connectivity index (χ1n) is 3.85. The molecular weight excluding hydrogens is 148 g/mol. The molecule has 0 fully saturated rings. The predicted molar refractivity (Wildman–Crippen MR) is 48.7 cm³/mol. The quantitative estimate of drug-likeness (QED) is 0.623. The van der Waals surface area contributed by atoms with Crippen LogP contribution < -0.4 is 5.32 Å². The highest BCUT2D eigenvalue weighted by Gasteiger charge is 2.02. The first-order chi connectivity index (χ1) is 5.90. The van der Waals surface area contributed by atoms with Crippen LogP contribution in [0, 0.1) is 11.3 Å². The van der Waals surface area contributed by atoms with Crippen LogP contribution in [0.1, 0.15) is 11.1 Å². The molecule has 0 saturated carbocycles. The van der Waals surface area contributed by atoms with E-state index in [0.717, 1.165) is 17.8 Å². The molecule has 0 spiro atoms. The maximum Gasteiger partial charge on any atom is 0.0992 e. The van der Waals surface area contributed by atoms with Gasteiger partial charge in [-0.05, 0) is 17.7 Å². The molecule has 1 aliphatic heterocycles. The van der Waals surface area contributed by atoms with Crippen molar-refractivity contribution in [1.82, 2.24) is 0 Å². The van der Waals surface area contributed by atoms with Gasteiger partial charge in [-0.25, -0.2) is 0 Å². The molecule has 1 aromatic rings. The summed E-state index contributed by atoms with van der Waals surface area (Å²) in [6.07, 6.45) is 4.13. The summed E-state index contributed by atoms with van der Waals surface area (Å²) in [6.45, 7) is 0.849. The third-order valence-corrected chi connectivity index (χ3v) is 1.89. The SMILES string of the molecule is N#Cc1ccc2c(c1)NCC=C2. The van der Waals surface area contributed by atoms with E-state index in [1.807, 2.05) is 18.2 Å². The zero-order valence-electron chi connectivity index (χ0n) is 6.54. The molecule has 0 aromatic heterocycles. The first kappa shape index (κ1) is 6.93. The summed E-state index contributed by atoms with van der Waals surface area (Å²) in [5.41, 5.74) is 2.91. The minimum Gasteiger partial charge on any atom is -0.381 e. The molecule has 0 unspecified atom stereocenters. The van der Waals surface area contributed by atoms with Gasteiger partial charge in [-0.3, -0.25) is 0 Å². The first-order valence-corrected chi connectivity index (χ1v) is 3.85. The zero-order valence-corrected chi connectivity index (χ0v) is 6.54. The van der Waals surface area contributed by atoms with Crippen LogP contribution in [-0.4, -0.2) is 6.54 Å². The largest absolute Gasteiger partial charge is 0.381 e. The number of fused-ring (bicyclic) bond motifs is 1. The van der Waals surface area contributed by atoms with Crippen molar-refractivity contribution in [1.29, 1.82) is 5.26 Å². The van der Waals surface area contributed by atoms with Crippen LogP contribution in [-0.2, 0) is 0 Å². The van der Waals surface area contributed by atoms with Crippen LogP contribution in [0.15, 0.2) is 24.3 Å². The molecule has 0 radical (unpaired) electrons. The second-order valence-electron chi connectivity index (χ2n) is 2.70. The second-order valence-corrected chi connectivity index (χ2v) is 2.70. The number of nitriles is 1. The fraction of sp³-hybridized carbons (Fsp3) is 0.100. The lowest BCUT2D eigenvalue weighted by molar-refractivity contribution is 1.30. The smallest absolute Gasteiger partial charge is 0.0992 e. The van der Waals surface area contributed by atoms with Crippen molar-refractivity contribution in [3.63, 3.8) is 0 Å². The lowest BCUT2D eigenvalue weighted by Gasteiger charge is -2.12. The number of nitrogens with one attached hydrogen (secondary N) is 1. The second kappa shape index (κ2) is 2.71. The minimum absolute atomic E-state index is 0.705. The number of rotatable bonds is 0. The molecule has 0 aliphatic carbocycles. The van der Waals surface area contributed by atoms with Crippen molar-refractivity contribution in [2.45, 2.75) is 0 Å². The van der Waals surface area contributed by atoms with Gasteiger partial charge in [0.15, 0.2) is 0 Å². The Morgan fingerprint density at radius 1 is 1.42 bits per heavy atom. The Morgan fingerprint density at radius 3 is 3.17 bits per heavy atom. The Hall–Kier alpha value is -1.75. The topological polar surface area (TPSA) is 35.8 Å². The predicted octanol–water partition coefficient (Wildman–Crippen LogP) is 2.00. The summed E-state index contributed by atoms with van der Waals surface area (Å²) in [4.78, 5) is 0. The molecule has 2 rings (SSSR count). The molecular formula is C10H8N2. The van der Waals surface area contributed by atoms with Gasteiger partial charge in [-0.1, -0.05) is 18.2 Å². The van der Waals surface area contributed by atoms with E-state index in [4.69, 9.17) is 5.26 Å². The molecule has 1 heterocycles. The molecule has 2 heteroatoms. The van der Waals surface area contributed by atoms with E-state index in [2.05, 4.69) is 23.5 Å². The van der Waals surface area contributed by atoms with Crippen LogP contribution in [0.3, 0.4) is 0 Å². The van der Waals surface area contributed by atoms with E-state index in [1.165, 1.54) is 0 Å². The molecule has 12 heavy (non-hydrogen) atoms. The summed E-state index contributed by atoms with van der Waals surface area (Å²) in [7, 11) is 0. The number of hydrogen-bond donors (Lipinski definition) is 1. The fourth-order valence-electron chi connectivity index (χ4n) is 1.28. The minimum atomic E-state index is 0.705. The molecule has 0 atom stereocenters. The van der Waals surface area contributed by atoms with Gasteiger partial charge in [0.25, 0.3) is 0 Å². The number of hydrogen-bond acceptors (Lipinski definition) is 2. The average molecular weight is 156 g/mol. The van der Waals surface area contributed by atoms with Gasteiger partial charge in [0, 0.05) is 12.2 Å². The molecule has 0 amide bonds. The summed E-state index contributed by atoms with van der Waals surface area (Å²) < 4.78 is 0. The van der Waals surface area contributed by atoms with Gasteiger partial charge < -0.3 is 5.32 Å². The van der Waals surface area contributed by atoms with E-state index in [-0.39, 0.29) is 0 Å². The van der Waals surface area contributed by atoms with Crippen molar-refractivity contribution in [2.75, 3.05) is 11.9 Å². The van der Waals surface area contributed by atoms with Crippen molar-refractivity contribution < 1.29 is 0 Å². The maximum atomic E-state index is 8.64. The monoisotopic (exact) mass is 156 g/mol. The molecule has 58 valence electrons. The fourth-order valence-corrected chi connectivity index (χ4v) is 1.28. The van der Waals surface area contributed by atoms with Gasteiger partial charge in [-0.15, -0.1) is 0 Å². The van der Waals surface area contributed by atoms with Crippen molar-refractivity contribution in [2.24, 2.45) is 0 Å². The van der Waals surface area contributed by atoms with Crippen LogP contribution >= 0.6 is 0 Å². The van der Waals surface area contributed by atoms with E-state index < -0.39 is 0 Å². The van der Waals surface area contributed by atoms with Gasteiger partial charge in [0.05, 0.1) is 11.6 Å². The van der Waals surface area contributed by atoms with Crippen molar-refractivity contribution in [3.05, 3.63) is 35.4 Å². The van der Waals surface area contributed by atoms with Crippen LogP contribution in [0.2, 0.25) is 0 Å². The lowest BCUT2D eigenvalue weighted by Crippen LogP contribution is -2.04. The zero-order chi connectivity index (χ0) is 8.39. The van der Waals surface area contributed by atoms with E-state index >= 15 is 0 Å². The summed E-state index contributed by atoms with van der Waals surface area (Å²) in [6, 6.07) is 7.77. The molecule has 0 saturated heterocycles. The number of anilines is 1. The van der Waals surface area contributed by atoms with Gasteiger partial charge in [0.1, 0.15) is 0 Å². The molecule has 0 bridgehead atoms. The van der Waals surface area contributed by atoms with Gasteiger partial charge in [-0.2, -0.15) is 5.26 Å². The highest BCUT2D eigenvalue weighted by atomic mass is 14.9. The van der Waals surface area contributed by atoms with Crippen LogP contribution in [0.25, 0.3) is 6.08 Å². The van der Waals surface area contributed by atoms with E-state index in [0.29, 0.717) is 5.56 Å². The summed E-state index contributed by atoms with van der Waals surface area (Å²) >= 11 is 0. The summed E-state index contributed by atoms with van der Waals surface area (Å²) in [5.74, 6) is 0. The van der Waals surface area contributed by atoms with Gasteiger partial charge in [0.2, 0.25) is 0 Å². The van der Waals surface area contributed by atoms with Crippen molar-refractivity contribution in [3.8, 4) is 6.07 Å². The standard InChI is InChI=1S/C10H8N2/c11-7-8-3-4-9-2-1-5-12-10(9)6-8/h1-4,6,12H,5H2. The number of nitrogens with zero attached hydrogens (tertiary/aromatic N) is 1. The highest BCUT2D eigenvalue weighted by molar-refractivity contribution is 5.71. The van der Waals surface area contributed by atoms with Crippen LogP contribution in [0.5, 0.6) is 0 Å². The third kappa shape index (κ3) is 1.06. The van der Waals surface area contributed by atoms with Crippen LogP contribution in [0.4, 0.5) is 5.69 Å². The average Bonchev–Trinajstić information content (AvgIpc) is 2.17. The molecule has 1 N–H and O–H groups in total. The summed E-state index contributed by atoms with van der Waals surface area (Å²) in [5, 5.41) is 11.8. The number of benzene rings is 1. The Kier molecular flexibility index (Phi) is 1.56. The van der Waals surface area contributed by atoms with Gasteiger partial charge >= 0.3 is 0 Å². The van der Waals surface area contributed by atoms with E-state index in [1.54, 1.807) is 0 Å².